The van der Waals surface area contributed by atoms with Crippen LogP contribution in [0.3, 0.4) is 0 Å². The summed E-state index contributed by atoms with van der Waals surface area (Å²) in [6.45, 7) is 9.75. The largest absolute Gasteiger partial charge is 0.545 e. The predicted molar refractivity (Wildman–Crippen MR) is 49.8 cm³/mol. The Kier molecular flexibility index (Phi) is 141. The van der Waals surface area contributed by atoms with Gasteiger partial charge in [0.15, 0.2) is 0 Å². The van der Waals surface area contributed by atoms with Crippen LogP contribution in [0.15, 0.2) is 0 Å². The molecule has 13 heavy (non-hydrogen) atoms. The van der Waals surface area contributed by atoms with E-state index in [4.69, 9.17) is 14.4 Å². The second-order valence-corrected chi connectivity index (χ2v) is 1.77. The third-order valence-corrected chi connectivity index (χ3v) is 1.25. The molecular weight excluding hydrogens is 211 g/mol. The number of hydrogen-bond donors (Lipinski definition) is 0. The Hall–Kier alpha value is -0.471. The fraction of sp³-hybridized carbons (Fsp3) is 0.556. The van der Waals surface area contributed by atoms with Gasteiger partial charge < -0.3 is 21.8 Å². The van der Waals surface area contributed by atoms with Crippen molar-refractivity contribution in [3.05, 3.63) is 7.43 Å². The Labute approximate surface area is 91.8 Å². The summed E-state index contributed by atoms with van der Waals surface area (Å²) < 4.78 is 0. The molecule has 0 atom stereocenters. The van der Waals surface area contributed by atoms with Gasteiger partial charge >= 0.3 is 0 Å². The van der Waals surface area contributed by atoms with Crippen molar-refractivity contribution < 1.29 is 31.5 Å². The van der Waals surface area contributed by atoms with E-state index in [0.717, 1.165) is 0 Å². The van der Waals surface area contributed by atoms with E-state index in [1.807, 2.05) is 0 Å². The van der Waals surface area contributed by atoms with Crippen molar-refractivity contribution in [1.82, 2.24) is 0 Å². The van der Waals surface area contributed by atoms with Gasteiger partial charge in [-0.15, -0.1) is 0 Å². The molecule has 0 N–H and O–H groups in total. The average molecular weight is 227 g/mol. The summed E-state index contributed by atoms with van der Waals surface area (Å²) in [5.74, 6) is 0. The van der Waals surface area contributed by atoms with E-state index >= 15 is 0 Å². The van der Waals surface area contributed by atoms with Gasteiger partial charge in [0, 0.05) is 17.1 Å². The van der Waals surface area contributed by atoms with Crippen LogP contribution in [-0.4, -0.2) is 20.4 Å². The molecule has 0 aromatic carbocycles. The van der Waals surface area contributed by atoms with E-state index in [9.17, 15) is 0 Å². The summed E-state index contributed by atoms with van der Waals surface area (Å²) >= 11 is 0. The summed E-state index contributed by atoms with van der Waals surface area (Å²) in [5.41, 5.74) is 0. The van der Waals surface area contributed by atoms with E-state index in [1.165, 1.54) is 32.1 Å². The second kappa shape index (κ2) is 62.3. The van der Waals surface area contributed by atoms with Crippen molar-refractivity contribution in [3.63, 3.8) is 0 Å². The van der Waals surface area contributed by atoms with Crippen molar-refractivity contribution in [2.24, 2.45) is 0 Å². The maximum atomic E-state index is 7.75. The third kappa shape index (κ3) is 51.0. The van der Waals surface area contributed by atoms with Crippen LogP contribution in [0.25, 0.3) is 0 Å². The molecule has 0 bridgehead atoms. The molecule has 1 aliphatic rings. The fourth-order valence-electron chi connectivity index (χ4n) is 0.884. The minimum atomic E-state index is 0. The van der Waals surface area contributed by atoms with Gasteiger partial charge in [-0.25, -0.2) is 0 Å². The summed E-state index contributed by atoms with van der Waals surface area (Å²) in [7, 11) is 0. The summed E-state index contributed by atoms with van der Waals surface area (Å²) in [5, 5.41) is 0. The first-order valence-corrected chi connectivity index (χ1v) is 3.21. The molecule has 4 heteroatoms. The SMILES string of the molecule is C1CCCC1.[CH-]=O.[CH-]=O.[CH-]=O.[CH3-].[Mn]. The van der Waals surface area contributed by atoms with Crippen molar-refractivity contribution in [2.45, 2.75) is 32.1 Å². The van der Waals surface area contributed by atoms with Gasteiger partial charge in [0.05, 0.1) is 0 Å². The second-order valence-electron chi connectivity index (χ2n) is 1.77. The van der Waals surface area contributed by atoms with Crippen LogP contribution in [-0.2, 0) is 31.5 Å². The first-order chi connectivity index (χ1) is 5.50. The van der Waals surface area contributed by atoms with Gasteiger partial charge in [0.25, 0.3) is 0 Å². The minimum Gasteiger partial charge on any atom is -0.545 e. The number of hydrogen-bond acceptors (Lipinski definition) is 3. The minimum absolute atomic E-state index is 0. The van der Waals surface area contributed by atoms with Crippen molar-refractivity contribution in [3.8, 4) is 0 Å². The molecule has 0 heterocycles. The van der Waals surface area contributed by atoms with Crippen LogP contribution < -0.4 is 0 Å². The van der Waals surface area contributed by atoms with Crippen LogP contribution in [0.5, 0.6) is 0 Å². The molecule has 0 aliphatic heterocycles. The zero-order chi connectivity index (χ0) is 9.54. The molecule has 81 valence electrons. The van der Waals surface area contributed by atoms with E-state index in [0.29, 0.717) is 0 Å². The van der Waals surface area contributed by atoms with Crippen molar-refractivity contribution in [2.75, 3.05) is 0 Å². The summed E-state index contributed by atoms with van der Waals surface area (Å²) in [4.78, 5) is 23.2. The molecule has 1 rings (SSSR count). The molecule has 0 aromatic heterocycles. The first-order valence-electron chi connectivity index (χ1n) is 3.21. The van der Waals surface area contributed by atoms with Crippen LogP contribution in [0.1, 0.15) is 32.1 Å². The monoisotopic (exact) mass is 227 g/mol. The molecule has 1 saturated carbocycles. The average Bonchev–Trinajstić information content (AvgIpc) is 2.71. The van der Waals surface area contributed by atoms with Gasteiger partial charge in [-0.1, -0.05) is 32.1 Å². The van der Waals surface area contributed by atoms with Gasteiger partial charge in [-0.3, -0.25) is 20.4 Å². The van der Waals surface area contributed by atoms with E-state index in [2.05, 4.69) is 20.4 Å². The Bertz CT molecular complexity index is 46.5. The normalized spacial score (nSPS) is 10.2. The summed E-state index contributed by atoms with van der Waals surface area (Å²) in [6.07, 6.45) is 7.50. The number of rotatable bonds is 0. The summed E-state index contributed by atoms with van der Waals surface area (Å²) in [6, 6.07) is 0. The third-order valence-electron chi connectivity index (χ3n) is 1.25. The Morgan fingerprint density at radius 2 is 0.615 bits per heavy atom. The van der Waals surface area contributed by atoms with Gasteiger partial charge in [-0.2, -0.15) is 0 Å². The molecule has 3 nitrogen and oxygen atoms in total. The maximum absolute atomic E-state index is 7.75. The van der Waals surface area contributed by atoms with E-state index in [1.54, 1.807) is 0 Å². The van der Waals surface area contributed by atoms with Crippen LogP contribution >= 0.6 is 0 Å². The Balaban J connectivity index is -0.0000000239. The quantitative estimate of drug-likeness (QED) is 0.358. The molecule has 0 amide bonds. The van der Waals surface area contributed by atoms with Gasteiger partial charge in [0.2, 0.25) is 0 Å². The first kappa shape index (κ1) is 29.4. The molecule has 1 aliphatic carbocycles. The smallest absolute Gasteiger partial charge is 0 e. The maximum Gasteiger partial charge on any atom is 0 e. The molecule has 0 unspecified atom stereocenters. The molecular formula is C9H16MnO3-4. The van der Waals surface area contributed by atoms with E-state index in [-0.39, 0.29) is 24.5 Å². The van der Waals surface area contributed by atoms with Crippen molar-refractivity contribution in [1.29, 1.82) is 0 Å². The van der Waals surface area contributed by atoms with Crippen molar-refractivity contribution >= 4 is 20.4 Å². The van der Waals surface area contributed by atoms with E-state index < -0.39 is 0 Å². The molecule has 0 aromatic rings. The zero-order valence-corrected chi connectivity index (χ0v) is 9.05. The van der Waals surface area contributed by atoms with Gasteiger partial charge in [-0.05, 0) is 0 Å². The molecule has 0 spiro atoms. The predicted octanol–water partition coefficient (Wildman–Crippen LogP) is 1.58. The van der Waals surface area contributed by atoms with Crippen LogP contribution in [0.4, 0.5) is 0 Å². The Morgan fingerprint density at radius 1 is 0.538 bits per heavy atom. The van der Waals surface area contributed by atoms with Crippen LogP contribution in [0.2, 0.25) is 0 Å². The van der Waals surface area contributed by atoms with Gasteiger partial charge in [0.1, 0.15) is 0 Å². The molecule has 1 radical (unpaired) electrons. The fourth-order valence-corrected chi connectivity index (χ4v) is 0.884. The van der Waals surface area contributed by atoms with Crippen LogP contribution in [0, 0.1) is 7.43 Å². The standard InChI is InChI=1S/C5H10.3CHO.CH3.Mn/c1-2-4-5-3-1;3*1-2;;/h1-5H2;3*1H;1H3;/q;4*-1;. The Morgan fingerprint density at radius 3 is 0.692 bits per heavy atom. The zero-order valence-electron chi connectivity index (χ0n) is 7.87. The molecule has 1 fully saturated rings. The molecule has 0 saturated heterocycles. The topological polar surface area (TPSA) is 51.2 Å². The number of carbonyl (C=O) groups excluding carboxylic acids is 3.